The summed E-state index contributed by atoms with van der Waals surface area (Å²) in [5.41, 5.74) is 1.54. The molecule has 1 aromatic heterocycles. The summed E-state index contributed by atoms with van der Waals surface area (Å²) in [5, 5.41) is 5.81. The number of benzene rings is 2. The number of hydrogen-bond donors (Lipinski definition) is 3. The van der Waals surface area contributed by atoms with Crippen LogP contribution in [0.25, 0.3) is 10.9 Å². The second kappa shape index (κ2) is 6.84. The van der Waals surface area contributed by atoms with Gasteiger partial charge in [0.2, 0.25) is 5.91 Å². The number of nitrogens with one attached hydrogen (secondary N) is 3. The zero-order valence-electron chi connectivity index (χ0n) is 12.4. The Bertz CT molecular complexity index is 923. The first-order chi connectivity index (χ1) is 11.5. The van der Waals surface area contributed by atoms with E-state index >= 15 is 0 Å². The molecule has 0 aliphatic carbocycles. The summed E-state index contributed by atoms with van der Waals surface area (Å²) >= 11 is 3.33. The van der Waals surface area contributed by atoms with E-state index in [9.17, 15) is 14.0 Å². The molecule has 0 fully saturated rings. The van der Waals surface area contributed by atoms with Crippen LogP contribution >= 0.6 is 15.9 Å². The fourth-order valence-electron chi connectivity index (χ4n) is 2.24. The molecule has 0 aliphatic rings. The van der Waals surface area contributed by atoms with Gasteiger partial charge < -0.3 is 15.6 Å². The van der Waals surface area contributed by atoms with Crippen molar-refractivity contribution in [2.45, 2.75) is 0 Å². The second-order valence-corrected chi connectivity index (χ2v) is 5.98. The van der Waals surface area contributed by atoms with E-state index < -0.39 is 5.91 Å². The number of hydrogen-bond acceptors (Lipinski definition) is 2. The molecule has 0 atom stereocenters. The van der Waals surface area contributed by atoms with Crippen molar-refractivity contribution >= 4 is 44.3 Å². The van der Waals surface area contributed by atoms with Crippen LogP contribution in [0.5, 0.6) is 0 Å². The molecule has 24 heavy (non-hydrogen) atoms. The molecule has 0 saturated carbocycles. The van der Waals surface area contributed by atoms with E-state index in [1.54, 1.807) is 30.3 Å². The van der Waals surface area contributed by atoms with Crippen LogP contribution in [-0.2, 0) is 4.79 Å². The first-order valence-electron chi connectivity index (χ1n) is 7.14. The third kappa shape index (κ3) is 3.62. The van der Waals surface area contributed by atoms with Crippen molar-refractivity contribution in [1.82, 2.24) is 10.3 Å². The summed E-state index contributed by atoms with van der Waals surface area (Å²) in [4.78, 5) is 26.9. The van der Waals surface area contributed by atoms with Gasteiger partial charge in [0.15, 0.2) is 0 Å². The summed E-state index contributed by atoms with van der Waals surface area (Å²) in [5.74, 6) is -1.16. The van der Waals surface area contributed by atoms with Crippen LogP contribution in [0.1, 0.15) is 10.5 Å². The van der Waals surface area contributed by atoms with Gasteiger partial charge in [-0.15, -0.1) is 0 Å². The van der Waals surface area contributed by atoms with Gasteiger partial charge in [-0.05, 0) is 52.3 Å². The molecule has 2 aromatic carbocycles. The summed E-state index contributed by atoms with van der Waals surface area (Å²) in [6.45, 7) is -0.177. The highest BCUT2D eigenvalue weighted by atomic mass is 79.9. The normalized spacial score (nSPS) is 10.6. The zero-order chi connectivity index (χ0) is 17.1. The third-order valence-corrected chi connectivity index (χ3v) is 4.08. The predicted molar refractivity (Wildman–Crippen MR) is 93.4 cm³/mol. The Morgan fingerprint density at radius 3 is 2.71 bits per heavy atom. The number of aromatic amines is 1. The molecule has 7 heteroatoms. The van der Waals surface area contributed by atoms with E-state index in [1.165, 1.54) is 12.1 Å². The second-order valence-electron chi connectivity index (χ2n) is 5.13. The van der Waals surface area contributed by atoms with Crippen molar-refractivity contribution in [2.75, 3.05) is 11.9 Å². The highest BCUT2D eigenvalue weighted by molar-refractivity contribution is 9.10. The third-order valence-electron chi connectivity index (χ3n) is 3.38. The van der Waals surface area contributed by atoms with Crippen molar-refractivity contribution in [2.24, 2.45) is 0 Å². The van der Waals surface area contributed by atoms with E-state index in [0.717, 1.165) is 4.47 Å². The van der Waals surface area contributed by atoms with Crippen LogP contribution in [-0.4, -0.2) is 23.3 Å². The maximum atomic E-state index is 13.2. The SMILES string of the molecule is O=C(CNC(=O)c1cc2cc(F)ccc2[nH]1)Nc1ccccc1Br. The maximum Gasteiger partial charge on any atom is 0.268 e. The minimum absolute atomic E-state index is 0.177. The number of rotatable bonds is 4. The van der Waals surface area contributed by atoms with E-state index in [2.05, 4.69) is 31.5 Å². The maximum absolute atomic E-state index is 13.2. The fourth-order valence-corrected chi connectivity index (χ4v) is 2.62. The minimum Gasteiger partial charge on any atom is -0.351 e. The number of halogens is 2. The minimum atomic E-state index is -0.436. The zero-order valence-corrected chi connectivity index (χ0v) is 14.0. The Labute approximate surface area is 145 Å². The molecule has 5 nitrogen and oxygen atoms in total. The molecule has 3 aromatic rings. The molecule has 3 rings (SSSR count). The summed E-state index contributed by atoms with van der Waals surface area (Å²) in [7, 11) is 0. The fraction of sp³-hybridized carbons (Fsp3) is 0.0588. The monoisotopic (exact) mass is 389 g/mol. The van der Waals surface area contributed by atoms with Crippen LogP contribution in [0.3, 0.4) is 0 Å². The lowest BCUT2D eigenvalue weighted by Gasteiger charge is -2.07. The largest absolute Gasteiger partial charge is 0.351 e. The van der Waals surface area contributed by atoms with Gasteiger partial charge in [0.05, 0.1) is 12.2 Å². The highest BCUT2D eigenvalue weighted by Crippen LogP contribution is 2.21. The van der Waals surface area contributed by atoms with Gasteiger partial charge >= 0.3 is 0 Å². The number of para-hydroxylation sites is 1. The summed E-state index contributed by atoms with van der Waals surface area (Å²) < 4.78 is 13.9. The number of carbonyl (C=O) groups is 2. The first-order valence-corrected chi connectivity index (χ1v) is 7.93. The summed E-state index contributed by atoms with van der Waals surface area (Å²) in [6.07, 6.45) is 0. The Morgan fingerprint density at radius 1 is 1.12 bits per heavy atom. The van der Waals surface area contributed by atoms with Crippen LogP contribution in [0.4, 0.5) is 10.1 Å². The van der Waals surface area contributed by atoms with Crippen molar-refractivity contribution < 1.29 is 14.0 Å². The van der Waals surface area contributed by atoms with E-state index in [0.29, 0.717) is 16.6 Å². The number of H-pyrrole nitrogens is 1. The lowest BCUT2D eigenvalue weighted by atomic mass is 10.2. The highest BCUT2D eigenvalue weighted by Gasteiger charge is 2.12. The molecule has 3 N–H and O–H groups in total. The van der Waals surface area contributed by atoms with Gasteiger partial charge in [0, 0.05) is 15.4 Å². The average Bonchev–Trinajstić information content (AvgIpc) is 2.98. The molecular formula is C17H13BrFN3O2. The van der Waals surface area contributed by atoms with E-state index in [4.69, 9.17) is 0 Å². The van der Waals surface area contributed by atoms with E-state index in [1.807, 2.05) is 6.07 Å². The molecule has 0 spiro atoms. The Hall–Kier alpha value is -2.67. The molecule has 2 amide bonds. The number of fused-ring (bicyclic) bond motifs is 1. The molecule has 1 heterocycles. The van der Waals surface area contributed by atoms with Gasteiger partial charge in [-0.2, -0.15) is 0 Å². The van der Waals surface area contributed by atoms with Crippen molar-refractivity contribution in [3.8, 4) is 0 Å². The molecule has 122 valence electrons. The smallest absolute Gasteiger partial charge is 0.268 e. The molecule has 0 radical (unpaired) electrons. The standard InChI is InChI=1S/C17H13BrFN3O2/c18-12-3-1-2-4-14(12)22-16(23)9-20-17(24)15-8-10-7-11(19)5-6-13(10)21-15/h1-8,21H,9H2,(H,20,24)(H,22,23). The topological polar surface area (TPSA) is 74.0 Å². The molecule has 0 unspecified atom stereocenters. The van der Waals surface area contributed by atoms with Crippen LogP contribution in [0, 0.1) is 5.82 Å². The lowest BCUT2D eigenvalue weighted by molar-refractivity contribution is -0.115. The van der Waals surface area contributed by atoms with Crippen molar-refractivity contribution in [3.05, 3.63) is 64.5 Å². The predicted octanol–water partition coefficient (Wildman–Crippen LogP) is 3.44. The summed E-state index contributed by atoms with van der Waals surface area (Å²) in [6, 6.07) is 12.9. The molecular weight excluding hydrogens is 377 g/mol. The van der Waals surface area contributed by atoms with Crippen molar-refractivity contribution in [1.29, 1.82) is 0 Å². The average molecular weight is 390 g/mol. The number of amides is 2. The van der Waals surface area contributed by atoms with Gasteiger partial charge in [0.25, 0.3) is 5.91 Å². The van der Waals surface area contributed by atoms with Gasteiger partial charge in [-0.3, -0.25) is 9.59 Å². The van der Waals surface area contributed by atoms with Gasteiger partial charge in [0.1, 0.15) is 11.5 Å². The van der Waals surface area contributed by atoms with Crippen molar-refractivity contribution in [3.63, 3.8) is 0 Å². The first kappa shape index (κ1) is 16.2. The van der Waals surface area contributed by atoms with E-state index in [-0.39, 0.29) is 24.0 Å². The number of anilines is 1. The Morgan fingerprint density at radius 2 is 1.92 bits per heavy atom. The Kier molecular flexibility index (Phi) is 4.61. The van der Waals surface area contributed by atoms with Crippen LogP contribution in [0.2, 0.25) is 0 Å². The van der Waals surface area contributed by atoms with Crippen LogP contribution < -0.4 is 10.6 Å². The molecule has 0 saturated heterocycles. The molecule has 0 aliphatic heterocycles. The lowest BCUT2D eigenvalue weighted by Crippen LogP contribution is -2.33. The van der Waals surface area contributed by atoms with Crippen LogP contribution in [0.15, 0.2) is 53.0 Å². The number of aromatic nitrogens is 1. The number of carbonyl (C=O) groups excluding carboxylic acids is 2. The van der Waals surface area contributed by atoms with Gasteiger partial charge in [-0.1, -0.05) is 12.1 Å². The quantitative estimate of drug-likeness (QED) is 0.639. The van der Waals surface area contributed by atoms with Gasteiger partial charge in [-0.25, -0.2) is 4.39 Å². The Balaban J connectivity index is 1.62. The molecule has 0 bridgehead atoms.